The van der Waals surface area contributed by atoms with Crippen LogP contribution in [0.1, 0.15) is 0 Å². The van der Waals surface area contributed by atoms with Crippen LogP contribution in [0, 0.1) is 10.1 Å². The third kappa shape index (κ3) is 2.40. The van der Waals surface area contributed by atoms with E-state index in [0.29, 0.717) is 5.56 Å². The molecule has 0 spiro atoms. The highest BCUT2D eigenvalue weighted by Gasteiger charge is 2.15. The molecule has 4 heteroatoms. The number of nitro benzene ring substituents is 1. The van der Waals surface area contributed by atoms with Crippen LogP contribution >= 0.6 is 0 Å². The largest absolute Gasteiger partial charge is 0.456 e. The fourth-order valence-corrected chi connectivity index (χ4v) is 4.33. The van der Waals surface area contributed by atoms with Crippen LogP contribution in [0.3, 0.4) is 0 Å². The summed E-state index contributed by atoms with van der Waals surface area (Å²) in [4.78, 5) is 11.1. The van der Waals surface area contributed by atoms with Gasteiger partial charge in [-0.2, -0.15) is 0 Å². The zero-order chi connectivity index (χ0) is 20.2. The molecule has 0 radical (unpaired) electrons. The molecular formula is C26H15NO3. The van der Waals surface area contributed by atoms with Crippen molar-refractivity contribution in [1.29, 1.82) is 0 Å². The molecule has 0 N–H and O–H groups in total. The van der Waals surface area contributed by atoms with Gasteiger partial charge in [0, 0.05) is 16.8 Å². The Labute approximate surface area is 171 Å². The van der Waals surface area contributed by atoms with Gasteiger partial charge >= 0.3 is 0 Å². The van der Waals surface area contributed by atoms with Gasteiger partial charge in [-0.15, -0.1) is 0 Å². The van der Waals surface area contributed by atoms with Gasteiger partial charge in [0.1, 0.15) is 11.2 Å². The summed E-state index contributed by atoms with van der Waals surface area (Å²) < 4.78 is 6.02. The predicted molar refractivity (Wildman–Crippen MR) is 121 cm³/mol. The van der Waals surface area contributed by atoms with Crippen LogP contribution in [-0.2, 0) is 0 Å². The minimum atomic E-state index is -0.333. The van der Waals surface area contributed by atoms with Crippen molar-refractivity contribution >= 4 is 49.2 Å². The van der Waals surface area contributed by atoms with Crippen molar-refractivity contribution < 1.29 is 9.34 Å². The molecule has 30 heavy (non-hydrogen) atoms. The second-order valence-electron chi connectivity index (χ2n) is 7.44. The summed E-state index contributed by atoms with van der Waals surface area (Å²) in [5.41, 5.74) is 3.33. The van der Waals surface area contributed by atoms with Crippen molar-refractivity contribution in [3.63, 3.8) is 0 Å². The lowest BCUT2D eigenvalue weighted by atomic mass is 9.96. The van der Waals surface area contributed by atoms with E-state index >= 15 is 0 Å². The van der Waals surface area contributed by atoms with Crippen LogP contribution in [0.15, 0.2) is 95.4 Å². The quantitative estimate of drug-likeness (QED) is 0.175. The molecule has 4 nitrogen and oxygen atoms in total. The van der Waals surface area contributed by atoms with E-state index in [4.69, 9.17) is 4.42 Å². The van der Waals surface area contributed by atoms with Gasteiger partial charge in [-0.1, -0.05) is 54.6 Å². The summed E-state index contributed by atoms with van der Waals surface area (Å²) >= 11 is 0. The molecule has 5 aromatic carbocycles. The van der Waals surface area contributed by atoms with Gasteiger partial charge in [0.05, 0.1) is 10.5 Å². The molecule has 0 bridgehead atoms. The molecule has 6 rings (SSSR count). The minimum Gasteiger partial charge on any atom is -0.456 e. The molecule has 6 aromatic rings. The number of hydrogen-bond acceptors (Lipinski definition) is 3. The van der Waals surface area contributed by atoms with E-state index in [1.54, 1.807) is 18.2 Å². The molecule has 0 atom stereocenters. The molecule has 0 saturated heterocycles. The molecule has 0 fully saturated rings. The van der Waals surface area contributed by atoms with Gasteiger partial charge in [-0.3, -0.25) is 10.1 Å². The van der Waals surface area contributed by atoms with E-state index in [-0.39, 0.29) is 10.6 Å². The van der Waals surface area contributed by atoms with Crippen molar-refractivity contribution in [2.24, 2.45) is 0 Å². The van der Waals surface area contributed by atoms with Gasteiger partial charge in [0.2, 0.25) is 0 Å². The Morgan fingerprint density at radius 3 is 2.27 bits per heavy atom. The van der Waals surface area contributed by atoms with Crippen molar-refractivity contribution in [3.05, 3.63) is 101 Å². The molecule has 0 aliphatic carbocycles. The van der Waals surface area contributed by atoms with Crippen molar-refractivity contribution in [1.82, 2.24) is 0 Å². The zero-order valence-electron chi connectivity index (χ0n) is 15.8. The SMILES string of the molecule is O=[N+]([O-])c1ccccc1-c1ccc2c(ccc3cc4oc5ccccc5c4cc32)c1. The molecule has 0 aliphatic heterocycles. The first-order valence-corrected chi connectivity index (χ1v) is 9.71. The molecule has 0 amide bonds. The monoisotopic (exact) mass is 389 g/mol. The first-order valence-electron chi connectivity index (χ1n) is 9.71. The Kier molecular flexibility index (Phi) is 3.44. The fraction of sp³-hybridized carbons (Fsp3) is 0. The van der Waals surface area contributed by atoms with Gasteiger partial charge in [0.15, 0.2) is 0 Å². The Bertz CT molecular complexity index is 1630. The molecule has 0 aliphatic rings. The second kappa shape index (κ2) is 6.16. The molecule has 0 saturated carbocycles. The summed E-state index contributed by atoms with van der Waals surface area (Å²) in [5.74, 6) is 0. The lowest BCUT2D eigenvalue weighted by molar-refractivity contribution is -0.384. The van der Waals surface area contributed by atoms with Crippen molar-refractivity contribution in [2.45, 2.75) is 0 Å². The van der Waals surface area contributed by atoms with E-state index in [9.17, 15) is 10.1 Å². The van der Waals surface area contributed by atoms with Crippen LogP contribution < -0.4 is 0 Å². The normalized spacial score (nSPS) is 11.6. The van der Waals surface area contributed by atoms with Crippen LogP contribution in [0.2, 0.25) is 0 Å². The number of nitro groups is 1. The van der Waals surface area contributed by atoms with Crippen LogP contribution in [0.25, 0.3) is 54.6 Å². The third-order valence-electron chi connectivity index (χ3n) is 5.74. The minimum absolute atomic E-state index is 0.115. The topological polar surface area (TPSA) is 56.3 Å². The third-order valence-corrected chi connectivity index (χ3v) is 5.74. The maximum absolute atomic E-state index is 11.4. The van der Waals surface area contributed by atoms with E-state index in [1.807, 2.05) is 36.4 Å². The van der Waals surface area contributed by atoms with Crippen LogP contribution in [-0.4, -0.2) is 4.92 Å². The summed E-state index contributed by atoms with van der Waals surface area (Å²) in [5, 5.41) is 18.0. The highest BCUT2D eigenvalue weighted by Crippen LogP contribution is 2.37. The maximum atomic E-state index is 11.4. The number of hydrogen-bond donors (Lipinski definition) is 0. The van der Waals surface area contributed by atoms with E-state index in [2.05, 4.69) is 36.4 Å². The lowest BCUT2D eigenvalue weighted by Gasteiger charge is -2.08. The van der Waals surface area contributed by atoms with Crippen molar-refractivity contribution in [3.8, 4) is 11.1 Å². The highest BCUT2D eigenvalue weighted by atomic mass is 16.6. The number of fused-ring (bicyclic) bond motifs is 6. The van der Waals surface area contributed by atoms with Gasteiger partial charge in [0.25, 0.3) is 5.69 Å². The first kappa shape index (κ1) is 16.7. The second-order valence-corrected chi connectivity index (χ2v) is 7.44. The average Bonchev–Trinajstić information content (AvgIpc) is 3.14. The highest BCUT2D eigenvalue weighted by molar-refractivity contribution is 6.16. The fourth-order valence-electron chi connectivity index (χ4n) is 4.33. The molecule has 142 valence electrons. The molecule has 1 aromatic heterocycles. The van der Waals surface area contributed by atoms with Gasteiger partial charge in [-0.05, 0) is 57.4 Å². The smallest absolute Gasteiger partial charge is 0.277 e. The van der Waals surface area contributed by atoms with E-state index < -0.39 is 0 Å². The molecule has 0 unspecified atom stereocenters. The standard InChI is InChI=1S/C26H15NO3/c28-27(29)24-7-3-1-5-20(24)17-11-12-19-16(13-17)9-10-18-14-26-23(15-22(18)19)21-6-2-4-8-25(21)30-26/h1-15H. The summed E-state index contributed by atoms with van der Waals surface area (Å²) in [6.45, 7) is 0. The van der Waals surface area contributed by atoms with E-state index in [0.717, 1.165) is 49.0 Å². The molecule has 1 heterocycles. The van der Waals surface area contributed by atoms with E-state index in [1.165, 1.54) is 0 Å². The Balaban J connectivity index is 1.62. The maximum Gasteiger partial charge on any atom is 0.277 e. The Morgan fingerprint density at radius 2 is 1.40 bits per heavy atom. The summed E-state index contributed by atoms with van der Waals surface area (Å²) in [6.07, 6.45) is 0. The number of furan rings is 1. The van der Waals surface area contributed by atoms with Crippen molar-refractivity contribution in [2.75, 3.05) is 0 Å². The average molecular weight is 389 g/mol. The lowest BCUT2D eigenvalue weighted by Crippen LogP contribution is -1.91. The molecular weight excluding hydrogens is 374 g/mol. The number of benzene rings is 5. The first-order chi connectivity index (χ1) is 14.7. The van der Waals surface area contributed by atoms with Crippen LogP contribution in [0.4, 0.5) is 5.69 Å². The van der Waals surface area contributed by atoms with Gasteiger partial charge in [-0.25, -0.2) is 0 Å². The Morgan fingerprint density at radius 1 is 0.633 bits per heavy atom. The van der Waals surface area contributed by atoms with Gasteiger partial charge < -0.3 is 4.42 Å². The predicted octanol–water partition coefficient (Wildman–Crippen LogP) is 7.47. The number of nitrogens with zero attached hydrogens (tertiary/aromatic N) is 1. The zero-order valence-corrected chi connectivity index (χ0v) is 15.8. The Hall–Kier alpha value is -4.18. The summed E-state index contributed by atoms with van der Waals surface area (Å²) in [6, 6.07) is 29.3. The summed E-state index contributed by atoms with van der Waals surface area (Å²) in [7, 11) is 0. The number of rotatable bonds is 2. The van der Waals surface area contributed by atoms with Crippen LogP contribution in [0.5, 0.6) is 0 Å². The number of para-hydroxylation sites is 2.